The molecule has 2 nitrogen and oxygen atoms in total. The lowest BCUT2D eigenvalue weighted by molar-refractivity contribution is 0.331. The van der Waals surface area contributed by atoms with Gasteiger partial charge in [-0.2, -0.15) is 0 Å². The molecule has 5 heteroatoms. The zero-order valence-corrected chi connectivity index (χ0v) is 12.3. The van der Waals surface area contributed by atoms with Crippen molar-refractivity contribution in [2.45, 2.75) is 0 Å². The standard InChI is InChI=1S/C14H12BrClFNO/c15-10-1-3-11(4-2-10)18-7-8-19-12-5-6-13(16)14(17)9-12/h1-6,9,18H,7-8H2. The monoisotopic (exact) mass is 343 g/mol. The third-order valence-electron chi connectivity index (χ3n) is 2.44. The van der Waals surface area contributed by atoms with Crippen LogP contribution in [-0.4, -0.2) is 13.2 Å². The van der Waals surface area contributed by atoms with Crippen molar-refractivity contribution >= 4 is 33.2 Å². The zero-order chi connectivity index (χ0) is 13.7. The van der Waals surface area contributed by atoms with Gasteiger partial charge < -0.3 is 10.1 Å². The summed E-state index contributed by atoms with van der Waals surface area (Å²) in [6.07, 6.45) is 0. The summed E-state index contributed by atoms with van der Waals surface area (Å²) >= 11 is 8.96. The van der Waals surface area contributed by atoms with Crippen molar-refractivity contribution in [2.24, 2.45) is 0 Å². The van der Waals surface area contributed by atoms with E-state index < -0.39 is 5.82 Å². The van der Waals surface area contributed by atoms with Crippen molar-refractivity contribution in [3.05, 3.63) is 57.8 Å². The maximum atomic E-state index is 13.2. The Morgan fingerprint density at radius 1 is 1.16 bits per heavy atom. The van der Waals surface area contributed by atoms with E-state index >= 15 is 0 Å². The molecule has 0 radical (unpaired) electrons. The molecule has 0 aliphatic heterocycles. The molecule has 2 aromatic rings. The van der Waals surface area contributed by atoms with E-state index in [2.05, 4.69) is 21.2 Å². The van der Waals surface area contributed by atoms with E-state index in [1.807, 2.05) is 24.3 Å². The first kappa shape index (κ1) is 14.2. The molecule has 0 saturated carbocycles. The van der Waals surface area contributed by atoms with Crippen LogP contribution >= 0.6 is 27.5 Å². The number of hydrogen-bond acceptors (Lipinski definition) is 2. The van der Waals surface area contributed by atoms with Gasteiger partial charge in [0.1, 0.15) is 18.2 Å². The fourth-order valence-electron chi connectivity index (χ4n) is 1.50. The first-order valence-electron chi connectivity index (χ1n) is 5.72. The summed E-state index contributed by atoms with van der Waals surface area (Å²) in [6, 6.07) is 12.2. The van der Waals surface area contributed by atoms with Crippen LogP contribution in [0.5, 0.6) is 5.75 Å². The molecule has 0 fully saturated rings. The van der Waals surface area contributed by atoms with Gasteiger partial charge in [0.15, 0.2) is 0 Å². The Labute approximate surface area is 124 Å². The molecule has 0 saturated heterocycles. The second-order valence-corrected chi connectivity index (χ2v) is 5.18. The lowest BCUT2D eigenvalue weighted by Gasteiger charge is -2.09. The van der Waals surface area contributed by atoms with Gasteiger partial charge in [0.05, 0.1) is 5.02 Å². The fraction of sp³-hybridized carbons (Fsp3) is 0.143. The number of halogens is 3. The van der Waals surface area contributed by atoms with Crippen LogP contribution in [0.1, 0.15) is 0 Å². The smallest absolute Gasteiger partial charge is 0.145 e. The van der Waals surface area contributed by atoms with Crippen LogP contribution < -0.4 is 10.1 Å². The molecule has 0 heterocycles. The Kier molecular flexibility index (Phi) is 5.05. The quantitative estimate of drug-likeness (QED) is 0.792. The normalized spacial score (nSPS) is 10.3. The van der Waals surface area contributed by atoms with E-state index in [9.17, 15) is 4.39 Å². The highest BCUT2D eigenvalue weighted by molar-refractivity contribution is 9.10. The van der Waals surface area contributed by atoms with E-state index in [0.717, 1.165) is 10.2 Å². The first-order chi connectivity index (χ1) is 9.15. The second-order valence-electron chi connectivity index (χ2n) is 3.86. The molecule has 2 aromatic carbocycles. The summed E-state index contributed by atoms with van der Waals surface area (Å²) in [5, 5.41) is 3.30. The summed E-state index contributed by atoms with van der Waals surface area (Å²) < 4.78 is 19.6. The minimum atomic E-state index is -0.472. The van der Waals surface area contributed by atoms with Crippen LogP contribution in [0.4, 0.5) is 10.1 Å². The molecule has 2 rings (SSSR count). The topological polar surface area (TPSA) is 21.3 Å². The molecule has 0 spiro atoms. The van der Waals surface area contributed by atoms with Crippen molar-refractivity contribution in [3.8, 4) is 5.75 Å². The molecule has 0 bridgehead atoms. The third kappa shape index (κ3) is 4.40. The molecule has 0 atom stereocenters. The minimum Gasteiger partial charge on any atom is -0.492 e. The summed E-state index contributed by atoms with van der Waals surface area (Å²) in [6.45, 7) is 1.07. The van der Waals surface area contributed by atoms with E-state index in [4.69, 9.17) is 16.3 Å². The van der Waals surface area contributed by atoms with Gasteiger partial charge in [0.25, 0.3) is 0 Å². The Balaban J connectivity index is 1.77. The zero-order valence-electron chi connectivity index (χ0n) is 10.00. The number of anilines is 1. The van der Waals surface area contributed by atoms with Gasteiger partial charge >= 0.3 is 0 Å². The van der Waals surface area contributed by atoms with Gasteiger partial charge in [-0.3, -0.25) is 0 Å². The highest BCUT2D eigenvalue weighted by Crippen LogP contribution is 2.20. The van der Waals surface area contributed by atoms with Crippen molar-refractivity contribution < 1.29 is 9.13 Å². The van der Waals surface area contributed by atoms with Crippen molar-refractivity contribution in [3.63, 3.8) is 0 Å². The van der Waals surface area contributed by atoms with E-state index in [1.54, 1.807) is 6.07 Å². The molecule has 19 heavy (non-hydrogen) atoms. The second kappa shape index (κ2) is 6.78. The van der Waals surface area contributed by atoms with Crippen LogP contribution in [0.15, 0.2) is 46.9 Å². The van der Waals surface area contributed by atoms with E-state index in [1.165, 1.54) is 12.1 Å². The van der Waals surface area contributed by atoms with Crippen LogP contribution in [0, 0.1) is 5.82 Å². The maximum absolute atomic E-state index is 13.2. The molecule has 0 aliphatic carbocycles. The largest absolute Gasteiger partial charge is 0.492 e. The van der Waals surface area contributed by atoms with Gasteiger partial charge in [-0.15, -0.1) is 0 Å². The average Bonchev–Trinajstić information content (AvgIpc) is 2.41. The number of hydrogen-bond donors (Lipinski definition) is 1. The van der Waals surface area contributed by atoms with Crippen molar-refractivity contribution in [2.75, 3.05) is 18.5 Å². The summed E-state index contributed by atoms with van der Waals surface area (Å²) in [7, 11) is 0. The van der Waals surface area contributed by atoms with Gasteiger partial charge in [-0.25, -0.2) is 4.39 Å². The summed E-state index contributed by atoms with van der Waals surface area (Å²) in [4.78, 5) is 0. The minimum absolute atomic E-state index is 0.0975. The van der Waals surface area contributed by atoms with Crippen LogP contribution in [-0.2, 0) is 0 Å². The van der Waals surface area contributed by atoms with Gasteiger partial charge in [-0.1, -0.05) is 27.5 Å². The van der Waals surface area contributed by atoms with Crippen LogP contribution in [0.3, 0.4) is 0 Å². The van der Waals surface area contributed by atoms with E-state index in [0.29, 0.717) is 18.9 Å². The van der Waals surface area contributed by atoms with E-state index in [-0.39, 0.29) is 5.02 Å². The molecular weight excluding hydrogens is 333 g/mol. The molecule has 1 N–H and O–H groups in total. The molecule has 0 amide bonds. The van der Waals surface area contributed by atoms with Crippen LogP contribution in [0.2, 0.25) is 5.02 Å². The van der Waals surface area contributed by atoms with Crippen LogP contribution in [0.25, 0.3) is 0 Å². The Hall–Kier alpha value is -1.26. The molecule has 0 unspecified atom stereocenters. The third-order valence-corrected chi connectivity index (χ3v) is 3.27. The molecule has 100 valence electrons. The Morgan fingerprint density at radius 3 is 2.58 bits per heavy atom. The predicted octanol–water partition coefficient (Wildman–Crippen LogP) is 4.73. The SMILES string of the molecule is Fc1cc(OCCNc2ccc(Br)cc2)ccc1Cl. The fourth-order valence-corrected chi connectivity index (χ4v) is 1.88. The number of ether oxygens (including phenoxy) is 1. The Bertz CT molecular complexity index is 548. The molecular formula is C14H12BrClFNO. The van der Waals surface area contributed by atoms with Gasteiger partial charge in [0.2, 0.25) is 0 Å². The van der Waals surface area contributed by atoms with Gasteiger partial charge in [-0.05, 0) is 36.4 Å². The van der Waals surface area contributed by atoms with Crippen molar-refractivity contribution in [1.82, 2.24) is 0 Å². The summed E-state index contributed by atoms with van der Waals surface area (Å²) in [5.74, 6) is -0.000424. The highest BCUT2D eigenvalue weighted by atomic mass is 79.9. The van der Waals surface area contributed by atoms with Gasteiger partial charge in [0, 0.05) is 22.8 Å². The number of benzene rings is 2. The summed E-state index contributed by atoms with van der Waals surface area (Å²) in [5.41, 5.74) is 1.01. The lowest BCUT2D eigenvalue weighted by Crippen LogP contribution is -2.11. The number of rotatable bonds is 5. The van der Waals surface area contributed by atoms with Crippen molar-refractivity contribution in [1.29, 1.82) is 0 Å². The highest BCUT2D eigenvalue weighted by Gasteiger charge is 2.01. The Morgan fingerprint density at radius 2 is 1.89 bits per heavy atom. The maximum Gasteiger partial charge on any atom is 0.145 e. The molecule has 0 aromatic heterocycles. The predicted molar refractivity (Wildman–Crippen MR) is 79.5 cm³/mol. The first-order valence-corrected chi connectivity index (χ1v) is 6.89. The number of nitrogens with one attached hydrogen (secondary N) is 1. The average molecular weight is 345 g/mol. The molecule has 0 aliphatic rings. The lowest BCUT2D eigenvalue weighted by atomic mass is 10.3.